The highest BCUT2D eigenvalue weighted by Gasteiger charge is 2.03. The van der Waals surface area contributed by atoms with E-state index in [1.807, 2.05) is 25.1 Å². The van der Waals surface area contributed by atoms with Crippen molar-refractivity contribution in [3.8, 4) is 0 Å². The minimum absolute atomic E-state index is 0.337. The van der Waals surface area contributed by atoms with Gasteiger partial charge in [0.05, 0.1) is 25.9 Å². The number of nitrogens with one attached hydrogen (secondary N) is 1. The Morgan fingerprint density at radius 2 is 2.16 bits per heavy atom. The fourth-order valence-electron chi connectivity index (χ4n) is 1.57. The third-order valence-corrected chi connectivity index (χ3v) is 2.55. The summed E-state index contributed by atoms with van der Waals surface area (Å²) >= 11 is 0. The second kappa shape index (κ2) is 10.9. The Bertz CT molecular complexity index is 309. The van der Waals surface area contributed by atoms with Gasteiger partial charge in [0.2, 0.25) is 0 Å². The molecule has 1 atom stereocenters. The number of pyridine rings is 1. The van der Waals surface area contributed by atoms with Crippen LogP contribution < -0.4 is 5.32 Å². The van der Waals surface area contributed by atoms with Crippen molar-refractivity contribution in [3.63, 3.8) is 0 Å². The molecule has 1 heterocycles. The SMILES string of the molecule is CCOCCOCC(O)CNCCc1ccccn1. The number of hydrogen-bond donors (Lipinski definition) is 2. The molecule has 19 heavy (non-hydrogen) atoms. The van der Waals surface area contributed by atoms with Crippen LogP contribution in [0, 0.1) is 0 Å². The summed E-state index contributed by atoms with van der Waals surface area (Å²) in [6, 6.07) is 5.87. The summed E-state index contributed by atoms with van der Waals surface area (Å²) in [6.07, 6.45) is 2.17. The Hall–Kier alpha value is -1.01. The van der Waals surface area contributed by atoms with Crippen LogP contribution in [0.3, 0.4) is 0 Å². The topological polar surface area (TPSA) is 63.6 Å². The normalized spacial score (nSPS) is 12.5. The molecule has 5 nitrogen and oxygen atoms in total. The van der Waals surface area contributed by atoms with E-state index < -0.39 is 6.10 Å². The first-order valence-electron chi connectivity index (χ1n) is 6.77. The summed E-state index contributed by atoms with van der Waals surface area (Å²) in [6.45, 7) is 5.41. The molecule has 0 spiro atoms. The van der Waals surface area contributed by atoms with E-state index in [0.29, 0.717) is 33.0 Å². The monoisotopic (exact) mass is 268 g/mol. The zero-order chi connectivity index (χ0) is 13.8. The van der Waals surface area contributed by atoms with Crippen LogP contribution in [0.5, 0.6) is 0 Å². The predicted molar refractivity (Wildman–Crippen MR) is 74.1 cm³/mol. The van der Waals surface area contributed by atoms with Crippen LogP contribution in [0.4, 0.5) is 0 Å². The molecule has 108 valence electrons. The summed E-state index contributed by atoms with van der Waals surface area (Å²) in [4.78, 5) is 4.23. The van der Waals surface area contributed by atoms with Crippen LogP contribution in [-0.2, 0) is 15.9 Å². The molecule has 0 saturated carbocycles. The molecule has 1 aromatic heterocycles. The van der Waals surface area contributed by atoms with E-state index in [-0.39, 0.29) is 0 Å². The van der Waals surface area contributed by atoms with Crippen LogP contribution in [-0.4, -0.2) is 55.7 Å². The molecular weight excluding hydrogens is 244 g/mol. The zero-order valence-corrected chi connectivity index (χ0v) is 11.5. The lowest BCUT2D eigenvalue weighted by Gasteiger charge is -2.12. The van der Waals surface area contributed by atoms with Crippen LogP contribution in [0.15, 0.2) is 24.4 Å². The summed E-state index contributed by atoms with van der Waals surface area (Å²) in [7, 11) is 0. The van der Waals surface area contributed by atoms with Crippen LogP contribution in [0.2, 0.25) is 0 Å². The first-order chi connectivity index (χ1) is 9.33. The van der Waals surface area contributed by atoms with Gasteiger partial charge in [0.25, 0.3) is 0 Å². The third kappa shape index (κ3) is 8.67. The number of rotatable bonds is 11. The van der Waals surface area contributed by atoms with Crippen LogP contribution in [0.1, 0.15) is 12.6 Å². The highest BCUT2D eigenvalue weighted by Crippen LogP contribution is 1.93. The molecule has 1 rings (SSSR count). The maximum absolute atomic E-state index is 9.66. The highest BCUT2D eigenvalue weighted by atomic mass is 16.5. The average molecular weight is 268 g/mol. The Labute approximate surface area is 115 Å². The highest BCUT2D eigenvalue weighted by molar-refractivity contribution is 5.03. The predicted octanol–water partition coefficient (Wildman–Crippen LogP) is 0.628. The van der Waals surface area contributed by atoms with Crippen molar-refractivity contribution in [2.24, 2.45) is 0 Å². The minimum atomic E-state index is -0.481. The molecule has 1 aromatic rings. The minimum Gasteiger partial charge on any atom is -0.389 e. The first-order valence-corrected chi connectivity index (χ1v) is 6.77. The maximum Gasteiger partial charge on any atom is 0.0897 e. The lowest BCUT2D eigenvalue weighted by Crippen LogP contribution is -2.32. The van der Waals surface area contributed by atoms with E-state index in [1.165, 1.54) is 0 Å². The second-order valence-electron chi connectivity index (χ2n) is 4.20. The summed E-state index contributed by atoms with van der Waals surface area (Å²) in [5.41, 5.74) is 1.05. The van der Waals surface area contributed by atoms with Gasteiger partial charge in [-0.15, -0.1) is 0 Å². The number of hydrogen-bond acceptors (Lipinski definition) is 5. The van der Waals surface area contributed by atoms with Gasteiger partial charge >= 0.3 is 0 Å². The number of ether oxygens (including phenoxy) is 2. The fraction of sp³-hybridized carbons (Fsp3) is 0.643. The second-order valence-corrected chi connectivity index (χ2v) is 4.20. The molecule has 0 amide bonds. The average Bonchev–Trinajstić information content (AvgIpc) is 2.44. The molecule has 0 aliphatic carbocycles. The molecular formula is C14H24N2O3. The summed E-state index contributed by atoms with van der Waals surface area (Å²) in [5.74, 6) is 0. The Kier molecular flexibility index (Phi) is 9.18. The van der Waals surface area contributed by atoms with Crippen molar-refractivity contribution in [2.75, 3.05) is 39.5 Å². The van der Waals surface area contributed by atoms with Gasteiger partial charge in [0.15, 0.2) is 0 Å². The van der Waals surface area contributed by atoms with Gasteiger partial charge in [-0.2, -0.15) is 0 Å². The van der Waals surface area contributed by atoms with Gasteiger partial charge in [0.1, 0.15) is 0 Å². The van der Waals surface area contributed by atoms with Gasteiger partial charge in [0, 0.05) is 38.0 Å². The Morgan fingerprint density at radius 1 is 1.32 bits per heavy atom. The summed E-state index contributed by atoms with van der Waals surface area (Å²) in [5, 5.41) is 12.8. The quantitative estimate of drug-likeness (QED) is 0.576. The zero-order valence-electron chi connectivity index (χ0n) is 11.5. The van der Waals surface area contributed by atoms with Crippen molar-refractivity contribution in [2.45, 2.75) is 19.4 Å². The van der Waals surface area contributed by atoms with Crippen molar-refractivity contribution in [1.29, 1.82) is 0 Å². The lowest BCUT2D eigenvalue weighted by molar-refractivity contribution is 0.00659. The largest absolute Gasteiger partial charge is 0.389 e. The fourth-order valence-corrected chi connectivity index (χ4v) is 1.57. The molecule has 0 fully saturated rings. The molecule has 0 radical (unpaired) electrons. The van der Waals surface area contributed by atoms with E-state index >= 15 is 0 Å². The smallest absolute Gasteiger partial charge is 0.0897 e. The Balaban J connectivity index is 1.94. The van der Waals surface area contributed by atoms with Crippen molar-refractivity contribution >= 4 is 0 Å². The first kappa shape index (κ1) is 16.0. The Morgan fingerprint density at radius 3 is 2.89 bits per heavy atom. The number of aliphatic hydroxyl groups is 1. The number of nitrogens with zero attached hydrogens (tertiary/aromatic N) is 1. The molecule has 5 heteroatoms. The van der Waals surface area contributed by atoms with E-state index in [0.717, 1.165) is 18.7 Å². The van der Waals surface area contributed by atoms with Gasteiger partial charge in [-0.25, -0.2) is 0 Å². The molecule has 1 unspecified atom stereocenters. The van der Waals surface area contributed by atoms with Crippen molar-refractivity contribution in [1.82, 2.24) is 10.3 Å². The van der Waals surface area contributed by atoms with Gasteiger partial charge in [-0.05, 0) is 19.1 Å². The van der Waals surface area contributed by atoms with E-state index in [1.54, 1.807) is 6.20 Å². The molecule has 2 N–H and O–H groups in total. The molecule has 0 aliphatic rings. The molecule has 0 aliphatic heterocycles. The van der Waals surface area contributed by atoms with E-state index in [2.05, 4.69) is 10.3 Å². The van der Waals surface area contributed by atoms with Crippen LogP contribution in [0.25, 0.3) is 0 Å². The van der Waals surface area contributed by atoms with Crippen LogP contribution >= 0.6 is 0 Å². The maximum atomic E-state index is 9.66. The molecule has 0 saturated heterocycles. The van der Waals surface area contributed by atoms with E-state index in [9.17, 15) is 5.11 Å². The van der Waals surface area contributed by atoms with Crippen molar-refractivity contribution in [3.05, 3.63) is 30.1 Å². The van der Waals surface area contributed by atoms with Gasteiger partial charge < -0.3 is 19.9 Å². The molecule has 0 bridgehead atoms. The van der Waals surface area contributed by atoms with Crippen molar-refractivity contribution < 1.29 is 14.6 Å². The van der Waals surface area contributed by atoms with Gasteiger partial charge in [-0.1, -0.05) is 6.07 Å². The van der Waals surface area contributed by atoms with Gasteiger partial charge in [-0.3, -0.25) is 4.98 Å². The third-order valence-electron chi connectivity index (χ3n) is 2.55. The number of aromatic nitrogens is 1. The van der Waals surface area contributed by atoms with E-state index in [4.69, 9.17) is 9.47 Å². The molecule has 0 aromatic carbocycles. The standard InChI is InChI=1S/C14H24N2O3/c1-2-18-9-10-19-12-14(17)11-15-8-6-13-5-3-4-7-16-13/h3-5,7,14-15,17H,2,6,8-12H2,1H3. The lowest BCUT2D eigenvalue weighted by atomic mass is 10.2. The summed E-state index contributed by atoms with van der Waals surface area (Å²) < 4.78 is 10.4. The number of aliphatic hydroxyl groups excluding tert-OH is 1.